The summed E-state index contributed by atoms with van der Waals surface area (Å²) in [4.78, 5) is 27.1. The van der Waals surface area contributed by atoms with E-state index in [-0.39, 0.29) is 25.1 Å². The summed E-state index contributed by atoms with van der Waals surface area (Å²) in [7, 11) is 1.53. The molecule has 154 valence electrons. The number of ether oxygens (including phenoxy) is 4. The van der Waals surface area contributed by atoms with Crippen LogP contribution in [0.25, 0.3) is 0 Å². The first-order valence-electron chi connectivity index (χ1n) is 9.68. The number of carbonyl (C=O) groups excluding carboxylic acids is 2. The lowest BCUT2D eigenvalue weighted by atomic mass is 9.84. The van der Waals surface area contributed by atoms with Gasteiger partial charge in [0, 0.05) is 26.6 Å². The number of benzene rings is 1. The highest BCUT2D eigenvalue weighted by atomic mass is 16.7. The van der Waals surface area contributed by atoms with Gasteiger partial charge < -0.3 is 23.8 Å². The number of methoxy groups -OCH3 is 1. The highest BCUT2D eigenvalue weighted by molar-refractivity contribution is 6.02. The average Bonchev–Trinajstić information content (AvgIpc) is 2.80. The molecule has 0 saturated carbocycles. The first kappa shape index (κ1) is 20.5. The van der Waals surface area contributed by atoms with Crippen LogP contribution in [0, 0.1) is 0 Å². The van der Waals surface area contributed by atoms with Gasteiger partial charge in [0.05, 0.1) is 6.42 Å². The minimum absolute atomic E-state index is 0.00123. The van der Waals surface area contributed by atoms with E-state index in [2.05, 4.69) is 0 Å². The highest BCUT2D eigenvalue weighted by Gasteiger charge is 2.43. The molecule has 0 radical (unpaired) electrons. The van der Waals surface area contributed by atoms with Crippen LogP contribution >= 0.6 is 0 Å². The van der Waals surface area contributed by atoms with Gasteiger partial charge >= 0.3 is 6.09 Å². The molecule has 0 N–H and O–H groups in total. The van der Waals surface area contributed by atoms with E-state index in [4.69, 9.17) is 18.9 Å². The van der Waals surface area contributed by atoms with E-state index in [1.807, 2.05) is 20.8 Å². The molecule has 7 nitrogen and oxygen atoms in total. The summed E-state index contributed by atoms with van der Waals surface area (Å²) in [6.45, 7) is 6.73. The Balaban J connectivity index is 1.75. The summed E-state index contributed by atoms with van der Waals surface area (Å²) >= 11 is 0. The van der Waals surface area contributed by atoms with E-state index < -0.39 is 11.2 Å². The van der Waals surface area contributed by atoms with Crippen molar-refractivity contribution in [3.63, 3.8) is 0 Å². The van der Waals surface area contributed by atoms with Crippen LogP contribution in [0.4, 0.5) is 4.79 Å². The smallest absolute Gasteiger partial charge is 0.410 e. The van der Waals surface area contributed by atoms with Crippen molar-refractivity contribution in [3.05, 3.63) is 23.8 Å². The summed E-state index contributed by atoms with van der Waals surface area (Å²) in [5, 5.41) is 0. The van der Waals surface area contributed by atoms with Crippen molar-refractivity contribution in [1.29, 1.82) is 0 Å². The van der Waals surface area contributed by atoms with Crippen LogP contribution in [0.15, 0.2) is 18.2 Å². The number of likely N-dealkylation sites (tertiary alicyclic amines) is 1. The van der Waals surface area contributed by atoms with Gasteiger partial charge in [-0.1, -0.05) is 6.07 Å². The van der Waals surface area contributed by atoms with Gasteiger partial charge in [0.2, 0.25) is 0 Å². The molecule has 1 saturated heterocycles. The molecule has 1 unspecified atom stereocenters. The number of rotatable bonds is 3. The highest BCUT2D eigenvalue weighted by Crippen LogP contribution is 2.42. The number of hydrogen-bond acceptors (Lipinski definition) is 6. The Hall–Kier alpha value is -2.28. The number of hydrogen-bond donors (Lipinski definition) is 0. The standard InChI is InChI=1S/C21H29NO6/c1-20(2,3)28-19(24)22-11-6-9-21(10-12-22)13-15(23)18-16(26-14-25-4)7-5-8-17(18)27-21/h5,7-8H,6,9-14H2,1-4H3. The predicted molar refractivity (Wildman–Crippen MR) is 103 cm³/mol. The Morgan fingerprint density at radius 2 is 2.04 bits per heavy atom. The molecule has 2 heterocycles. The topological polar surface area (TPSA) is 74.3 Å². The number of Topliss-reactive ketones (excluding diaryl/α,β-unsaturated/α-hetero) is 1. The van der Waals surface area contributed by atoms with Crippen molar-refractivity contribution in [1.82, 2.24) is 4.90 Å². The lowest BCUT2D eigenvalue weighted by Gasteiger charge is -2.37. The van der Waals surface area contributed by atoms with Gasteiger partial charge in [-0.25, -0.2) is 4.79 Å². The minimum atomic E-state index is -0.597. The van der Waals surface area contributed by atoms with Gasteiger partial charge in [0.1, 0.15) is 28.3 Å². The van der Waals surface area contributed by atoms with Gasteiger partial charge in [-0.2, -0.15) is 0 Å². The SMILES string of the molecule is COCOc1cccc2c1C(=O)CC1(CCCN(C(=O)OC(C)(C)C)CC1)O2. The fourth-order valence-electron chi connectivity index (χ4n) is 3.72. The van der Waals surface area contributed by atoms with Crippen LogP contribution in [0.3, 0.4) is 0 Å². The second-order valence-electron chi connectivity index (χ2n) is 8.39. The minimum Gasteiger partial charge on any atom is -0.486 e. The monoisotopic (exact) mass is 391 g/mol. The molecule has 7 heteroatoms. The van der Waals surface area contributed by atoms with Crippen LogP contribution in [-0.4, -0.2) is 55.0 Å². The van der Waals surface area contributed by atoms with E-state index >= 15 is 0 Å². The largest absolute Gasteiger partial charge is 0.486 e. The first-order valence-corrected chi connectivity index (χ1v) is 9.68. The van der Waals surface area contributed by atoms with Crippen LogP contribution in [-0.2, 0) is 9.47 Å². The van der Waals surface area contributed by atoms with Crippen molar-refractivity contribution in [2.45, 2.75) is 57.7 Å². The summed E-state index contributed by atoms with van der Waals surface area (Å²) in [6.07, 6.45) is 2.00. The summed E-state index contributed by atoms with van der Waals surface area (Å²) in [6, 6.07) is 5.35. The Morgan fingerprint density at radius 1 is 1.25 bits per heavy atom. The maximum atomic E-state index is 13.0. The Bertz CT molecular complexity index is 741. The normalized spacial score (nSPS) is 22.3. The van der Waals surface area contributed by atoms with Crippen molar-refractivity contribution in [2.24, 2.45) is 0 Å². The zero-order valence-electron chi connectivity index (χ0n) is 17.1. The molecule has 1 fully saturated rings. The van der Waals surface area contributed by atoms with E-state index in [9.17, 15) is 9.59 Å². The van der Waals surface area contributed by atoms with E-state index in [0.29, 0.717) is 43.0 Å². The van der Waals surface area contributed by atoms with Crippen molar-refractivity contribution >= 4 is 11.9 Å². The van der Waals surface area contributed by atoms with E-state index in [1.165, 1.54) is 7.11 Å². The molecule has 2 aliphatic heterocycles. The maximum Gasteiger partial charge on any atom is 0.410 e. The number of ketones is 1. The molecule has 2 aliphatic rings. The number of fused-ring (bicyclic) bond motifs is 1. The Labute approximate surface area is 165 Å². The molecular formula is C21H29NO6. The van der Waals surface area contributed by atoms with Gasteiger partial charge in [0.15, 0.2) is 12.6 Å². The fourth-order valence-corrected chi connectivity index (χ4v) is 3.72. The molecule has 28 heavy (non-hydrogen) atoms. The average molecular weight is 391 g/mol. The van der Waals surface area contributed by atoms with Gasteiger partial charge in [-0.15, -0.1) is 0 Å². The van der Waals surface area contributed by atoms with E-state index in [0.717, 1.165) is 6.42 Å². The molecule has 0 bridgehead atoms. The molecule has 0 aliphatic carbocycles. The maximum absolute atomic E-state index is 13.0. The quantitative estimate of drug-likeness (QED) is 0.730. The molecule has 1 spiro atoms. The van der Waals surface area contributed by atoms with Gasteiger partial charge in [0.25, 0.3) is 0 Å². The Kier molecular flexibility index (Phi) is 5.84. The first-order chi connectivity index (χ1) is 13.2. The summed E-state index contributed by atoms with van der Waals surface area (Å²) < 4.78 is 22.3. The van der Waals surface area contributed by atoms with E-state index in [1.54, 1.807) is 23.1 Å². The number of amides is 1. The van der Waals surface area contributed by atoms with Crippen molar-refractivity contribution in [2.75, 3.05) is 27.0 Å². The fraction of sp³-hybridized carbons (Fsp3) is 0.619. The molecule has 1 atom stereocenters. The van der Waals surface area contributed by atoms with Crippen LogP contribution < -0.4 is 9.47 Å². The molecule has 0 aromatic heterocycles. The van der Waals surface area contributed by atoms with Crippen molar-refractivity contribution in [3.8, 4) is 11.5 Å². The summed E-state index contributed by atoms with van der Waals surface area (Å²) in [5.41, 5.74) is -0.658. The number of carbonyl (C=O) groups is 2. The predicted octanol–water partition coefficient (Wildman–Crippen LogP) is 3.79. The lowest BCUT2D eigenvalue weighted by Crippen LogP contribution is -2.43. The third-order valence-electron chi connectivity index (χ3n) is 4.96. The molecular weight excluding hydrogens is 362 g/mol. The zero-order chi connectivity index (χ0) is 20.4. The zero-order valence-corrected chi connectivity index (χ0v) is 17.1. The molecule has 1 aromatic carbocycles. The molecule has 1 aromatic rings. The molecule has 1 amide bonds. The number of nitrogens with zero attached hydrogens (tertiary/aromatic N) is 1. The van der Waals surface area contributed by atoms with Crippen LogP contribution in [0.5, 0.6) is 11.5 Å². The Morgan fingerprint density at radius 3 is 2.75 bits per heavy atom. The van der Waals surface area contributed by atoms with Gasteiger partial charge in [-0.3, -0.25) is 4.79 Å². The second kappa shape index (κ2) is 7.99. The molecule has 3 rings (SSSR count). The van der Waals surface area contributed by atoms with Crippen LogP contribution in [0.2, 0.25) is 0 Å². The lowest BCUT2D eigenvalue weighted by molar-refractivity contribution is 0.0179. The summed E-state index contributed by atoms with van der Waals surface area (Å²) in [5.74, 6) is 1.01. The second-order valence-corrected chi connectivity index (χ2v) is 8.39. The van der Waals surface area contributed by atoms with Crippen LogP contribution in [0.1, 0.15) is 56.8 Å². The third kappa shape index (κ3) is 4.58. The van der Waals surface area contributed by atoms with Gasteiger partial charge in [-0.05, 0) is 45.7 Å². The third-order valence-corrected chi connectivity index (χ3v) is 4.96. The van der Waals surface area contributed by atoms with Crippen molar-refractivity contribution < 1.29 is 28.5 Å².